The molecule has 1 rings (SSSR count). The summed E-state index contributed by atoms with van der Waals surface area (Å²) in [5.74, 6) is -0.868. The van der Waals surface area contributed by atoms with Crippen molar-refractivity contribution in [2.75, 3.05) is 18.5 Å². The van der Waals surface area contributed by atoms with Crippen molar-refractivity contribution in [3.8, 4) is 5.75 Å². The summed E-state index contributed by atoms with van der Waals surface area (Å²) in [6.07, 6.45) is 1.91. The Morgan fingerprint density at radius 1 is 1.32 bits per heavy atom. The summed E-state index contributed by atoms with van der Waals surface area (Å²) in [4.78, 5) is 22.5. The fraction of sp³-hybridized carbons (Fsp3) is 0.467. The minimum Gasteiger partial charge on any atom is -0.491 e. The molecule has 0 saturated carbocycles. The number of carbonyl (C=O) groups excluding carboxylic acids is 1. The number of hydrogen-bond donors (Lipinski definition) is 4. The fourth-order valence-electron chi connectivity index (χ4n) is 1.52. The monoisotopic (exact) mass is 310 g/mol. The molecule has 1 aromatic rings. The van der Waals surface area contributed by atoms with Crippen LogP contribution in [0.4, 0.5) is 10.5 Å². The highest BCUT2D eigenvalue weighted by atomic mass is 16.5. The smallest absolute Gasteiger partial charge is 0.337 e. The van der Waals surface area contributed by atoms with Crippen LogP contribution in [-0.4, -0.2) is 41.0 Å². The van der Waals surface area contributed by atoms with Crippen LogP contribution in [0, 0.1) is 0 Å². The number of carbonyl (C=O) groups is 2. The zero-order valence-corrected chi connectivity index (χ0v) is 12.8. The van der Waals surface area contributed by atoms with Crippen LogP contribution >= 0.6 is 0 Å². The molecule has 1 unspecified atom stereocenters. The van der Waals surface area contributed by atoms with Gasteiger partial charge in [0.05, 0.1) is 18.8 Å². The van der Waals surface area contributed by atoms with Gasteiger partial charge in [0.1, 0.15) is 5.75 Å². The summed E-state index contributed by atoms with van der Waals surface area (Å²) < 4.78 is 5.58. The summed E-state index contributed by atoms with van der Waals surface area (Å²) in [5.41, 5.74) is -1.54. The number of carboxylic acids is 1. The van der Waals surface area contributed by atoms with Crippen LogP contribution in [0.3, 0.4) is 0 Å². The third-order valence-electron chi connectivity index (χ3n) is 2.94. The number of anilines is 1. The molecule has 122 valence electrons. The maximum Gasteiger partial charge on any atom is 0.337 e. The predicted molar refractivity (Wildman–Crippen MR) is 82.1 cm³/mol. The molecule has 7 heteroatoms. The normalized spacial score (nSPS) is 13.0. The maximum atomic E-state index is 11.8. The highest BCUT2D eigenvalue weighted by molar-refractivity contribution is 5.91. The van der Waals surface area contributed by atoms with Crippen molar-refractivity contribution in [2.24, 2.45) is 0 Å². The third-order valence-corrected chi connectivity index (χ3v) is 2.94. The molecule has 0 aromatic heterocycles. The topological polar surface area (TPSA) is 108 Å². The number of carboxylic acid groups (broad SMARTS) is 1. The highest BCUT2D eigenvalue weighted by Gasteiger charge is 2.30. The van der Waals surface area contributed by atoms with E-state index in [1.807, 2.05) is 0 Å². The van der Waals surface area contributed by atoms with Crippen molar-refractivity contribution in [2.45, 2.75) is 32.3 Å². The SMILES string of the molecule is CCCCOc1ccccc1NC(=O)NCC(C)(O)C(=O)O. The second-order valence-electron chi connectivity index (χ2n) is 5.08. The molecule has 0 fully saturated rings. The Bertz CT molecular complexity index is 516. The largest absolute Gasteiger partial charge is 0.491 e. The van der Waals surface area contributed by atoms with E-state index in [-0.39, 0.29) is 0 Å². The number of amides is 2. The Morgan fingerprint density at radius 3 is 2.64 bits per heavy atom. The van der Waals surface area contributed by atoms with E-state index in [2.05, 4.69) is 17.6 Å². The van der Waals surface area contributed by atoms with Gasteiger partial charge in [-0.25, -0.2) is 9.59 Å². The van der Waals surface area contributed by atoms with E-state index in [0.29, 0.717) is 18.0 Å². The fourth-order valence-corrected chi connectivity index (χ4v) is 1.52. The molecule has 0 saturated heterocycles. The molecule has 4 N–H and O–H groups in total. The van der Waals surface area contributed by atoms with Gasteiger partial charge in [-0.05, 0) is 25.5 Å². The van der Waals surface area contributed by atoms with Crippen LogP contribution in [0.1, 0.15) is 26.7 Å². The number of aliphatic hydroxyl groups is 1. The lowest BCUT2D eigenvalue weighted by atomic mass is 10.1. The number of nitrogens with one attached hydrogen (secondary N) is 2. The van der Waals surface area contributed by atoms with Crippen molar-refractivity contribution in [1.82, 2.24) is 5.32 Å². The molecule has 2 amide bonds. The van der Waals surface area contributed by atoms with Crippen LogP contribution in [-0.2, 0) is 4.79 Å². The van der Waals surface area contributed by atoms with Gasteiger partial charge in [-0.1, -0.05) is 25.5 Å². The maximum absolute atomic E-state index is 11.8. The number of aliphatic carboxylic acids is 1. The number of benzene rings is 1. The summed E-state index contributed by atoms with van der Waals surface area (Å²) >= 11 is 0. The van der Waals surface area contributed by atoms with Gasteiger partial charge in [-0.2, -0.15) is 0 Å². The first-order valence-electron chi connectivity index (χ1n) is 7.09. The lowest BCUT2D eigenvalue weighted by Crippen LogP contribution is -2.47. The lowest BCUT2D eigenvalue weighted by molar-refractivity contribution is -0.155. The van der Waals surface area contributed by atoms with Crippen molar-refractivity contribution in [3.63, 3.8) is 0 Å². The first-order chi connectivity index (χ1) is 10.4. The first-order valence-corrected chi connectivity index (χ1v) is 7.09. The summed E-state index contributed by atoms with van der Waals surface area (Å²) in [7, 11) is 0. The molecule has 1 atom stereocenters. The van der Waals surface area contributed by atoms with Gasteiger partial charge in [0.25, 0.3) is 0 Å². The second kappa shape index (κ2) is 8.23. The van der Waals surface area contributed by atoms with Crippen molar-refractivity contribution < 1.29 is 24.5 Å². The van der Waals surface area contributed by atoms with Crippen LogP contribution in [0.2, 0.25) is 0 Å². The molecule has 0 aliphatic carbocycles. The third kappa shape index (κ3) is 5.61. The van der Waals surface area contributed by atoms with E-state index in [9.17, 15) is 14.7 Å². The Morgan fingerprint density at radius 2 is 2.00 bits per heavy atom. The molecule has 7 nitrogen and oxygen atoms in total. The molecular formula is C15H22N2O5. The van der Waals surface area contributed by atoms with E-state index in [1.54, 1.807) is 24.3 Å². The number of urea groups is 1. The average Bonchev–Trinajstić information content (AvgIpc) is 2.47. The Hall–Kier alpha value is -2.28. The summed E-state index contributed by atoms with van der Waals surface area (Å²) in [5, 5.41) is 23.2. The number of ether oxygens (including phenoxy) is 1. The quantitative estimate of drug-likeness (QED) is 0.548. The van der Waals surface area contributed by atoms with Gasteiger partial charge in [0, 0.05) is 0 Å². The van der Waals surface area contributed by atoms with Crippen LogP contribution in [0.25, 0.3) is 0 Å². The molecule has 22 heavy (non-hydrogen) atoms. The summed E-state index contributed by atoms with van der Waals surface area (Å²) in [6, 6.07) is 6.33. The van der Waals surface area contributed by atoms with Crippen LogP contribution < -0.4 is 15.4 Å². The van der Waals surface area contributed by atoms with E-state index >= 15 is 0 Å². The predicted octanol–water partition coefficient (Wildman–Crippen LogP) is 1.82. The number of para-hydroxylation sites is 2. The molecule has 0 bridgehead atoms. The van der Waals surface area contributed by atoms with E-state index in [4.69, 9.17) is 9.84 Å². The zero-order chi connectivity index (χ0) is 16.6. The highest BCUT2D eigenvalue weighted by Crippen LogP contribution is 2.23. The van der Waals surface area contributed by atoms with Gasteiger partial charge in [0.2, 0.25) is 0 Å². The molecule has 0 heterocycles. The number of hydrogen-bond acceptors (Lipinski definition) is 4. The molecule has 0 aliphatic rings. The minimum atomic E-state index is -2.02. The van der Waals surface area contributed by atoms with Gasteiger partial charge in [-0.15, -0.1) is 0 Å². The molecule has 0 spiro atoms. The molecule has 0 radical (unpaired) electrons. The number of rotatable bonds is 8. The standard InChI is InChI=1S/C15H22N2O5/c1-3-4-9-22-12-8-6-5-7-11(12)17-14(20)16-10-15(2,21)13(18)19/h5-8,21H,3-4,9-10H2,1-2H3,(H,18,19)(H2,16,17,20). The Kier molecular flexibility index (Phi) is 6.65. The van der Waals surface area contributed by atoms with E-state index < -0.39 is 24.1 Å². The van der Waals surface area contributed by atoms with Gasteiger partial charge >= 0.3 is 12.0 Å². The molecule has 1 aromatic carbocycles. The molecule has 0 aliphatic heterocycles. The van der Waals surface area contributed by atoms with Gasteiger partial charge in [-0.3, -0.25) is 0 Å². The zero-order valence-electron chi connectivity index (χ0n) is 12.8. The van der Waals surface area contributed by atoms with E-state index in [0.717, 1.165) is 19.8 Å². The summed E-state index contributed by atoms with van der Waals surface area (Å²) in [6.45, 7) is 3.30. The van der Waals surface area contributed by atoms with Crippen molar-refractivity contribution in [3.05, 3.63) is 24.3 Å². The van der Waals surface area contributed by atoms with Crippen LogP contribution in [0.15, 0.2) is 24.3 Å². The minimum absolute atomic E-state index is 0.410. The van der Waals surface area contributed by atoms with Gasteiger partial charge in [0.15, 0.2) is 5.60 Å². The van der Waals surface area contributed by atoms with Crippen molar-refractivity contribution >= 4 is 17.7 Å². The average molecular weight is 310 g/mol. The van der Waals surface area contributed by atoms with E-state index in [1.165, 1.54) is 0 Å². The lowest BCUT2D eigenvalue weighted by Gasteiger charge is -2.19. The van der Waals surface area contributed by atoms with Gasteiger partial charge < -0.3 is 25.6 Å². The Labute approximate surface area is 129 Å². The Balaban J connectivity index is 2.59. The van der Waals surface area contributed by atoms with Crippen molar-refractivity contribution in [1.29, 1.82) is 0 Å². The number of unbranched alkanes of at least 4 members (excludes halogenated alkanes) is 1. The van der Waals surface area contributed by atoms with Crippen LogP contribution in [0.5, 0.6) is 5.75 Å². The second-order valence-corrected chi connectivity index (χ2v) is 5.08. The molecular weight excluding hydrogens is 288 g/mol. The first kappa shape index (κ1) is 17.8.